The van der Waals surface area contributed by atoms with Crippen LogP contribution in [-0.4, -0.2) is 25.3 Å². The molecule has 1 amide bonds. The number of benzene rings is 3. The lowest BCUT2D eigenvalue weighted by Gasteiger charge is -2.07. The smallest absolute Gasteiger partial charge is 0.273 e. The zero-order valence-corrected chi connectivity index (χ0v) is 19.1. The van der Waals surface area contributed by atoms with Gasteiger partial charge in [0.1, 0.15) is 11.5 Å². The van der Waals surface area contributed by atoms with E-state index in [1.165, 1.54) is 0 Å². The first-order valence-electron chi connectivity index (χ1n) is 10.8. The molecule has 0 fully saturated rings. The molecule has 0 aliphatic rings. The van der Waals surface area contributed by atoms with Crippen molar-refractivity contribution in [1.29, 1.82) is 0 Å². The van der Waals surface area contributed by atoms with Gasteiger partial charge in [0.15, 0.2) is 11.5 Å². The van der Waals surface area contributed by atoms with Crippen LogP contribution in [-0.2, 0) is 24.5 Å². The van der Waals surface area contributed by atoms with Crippen LogP contribution in [0, 0.1) is 0 Å². The number of aromatic nitrogens is 1. The molecule has 0 saturated carbocycles. The normalized spacial score (nSPS) is 10.6. The summed E-state index contributed by atoms with van der Waals surface area (Å²) in [7, 11) is 3.14. The van der Waals surface area contributed by atoms with Gasteiger partial charge in [0, 0.05) is 12.6 Å². The van der Waals surface area contributed by atoms with Gasteiger partial charge in [-0.15, -0.1) is 0 Å². The van der Waals surface area contributed by atoms with E-state index in [4.69, 9.17) is 18.7 Å². The number of methoxy groups -OCH3 is 2. The first kappa shape index (κ1) is 23.1. The molecule has 1 heterocycles. The third-order valence-corrected chi connectivity index (χ3v) is 5.27. The topological polar surface area (TPSA) is 82.8 Å². The quantitative estimate of drug-likeness (QED) is 0.360. The van der Waals surface area contributed by atoms with Gasteiger partial charge in [-0.25, -0.2) is 0 Å². The molecule has 0 aliphatic heterocycles. The Bertz CT molecular complexity index is 1220. The molecule has 0 aliphatic carbocycles. The van der Waals surface area contributed by atoms with Gasteiger partial charge >= 0.3 is 0 Å². The third-order valence-electron chi connectivity index (χ3n) is 5.27. The van der Waals surface area contributed by atoms with E-state index in [0.717, 1.165) is 16.7 Å². The summed E-state index contributed by atoms with van der Waals surface area (Å²) in [6.07, 6.45) is 0. The minimum absolute atomic E-state index is 0.186. The zero-order chi connectivity index (χ0) is 23.8. The van der Waals surface area contributed by atoms with Gasteiger partial charge in [0.05, 0.1) is 33.0 Å². The maximum Gasteiger partial charge on any atom is 0.273 e. The maximum absolute atomic E-state index is 12.6. The number of amides is 1. The zero-order valence-electron chi connectivity index (χ0n) is 19.1. The fourth-order valence-electron chi connectivity index (χ4n) is 3.40. The van der Waals surface area contributed by atoms with Crippen LogP contribution in [0.4, 0.5) is 0 Å². The van der Waals surface area contributed by atoms with E-state index in [1.807, 2.05) is 54.6 Å². The Morgan fingerprint density at radius 1 is 0.853 bits per heavy atom. The van der Waals surface area contributed by atoms with Crippen molar-refractivity contribution in [3.05, 3.63) is 101 Å². The molecule has 0 bridgehead atoms. The van der Waals surface area contributed by atoms with Crippen molar-refractivity contribution in [3.63, 3.8) is 0 Å². The average molecular weight is 459 g/mol. The van der Waals surface area contributed by atoms with Crippen LogP contribution in [0.3, 0.4) is 0 Å². The molecule has 1 aromatic heterocycles. The summed E-state index contributed by atoms with van der Waals surface area (Å²) in [6.45, 7) is 1.46. The van der Waals surface area contributed by atoms with Crippen molar-refractivity contribution in [2.45, 2.75) is 19.8 Å². The second kappa shape index (κ2) is 11.2. The Balaban J connectivity index is 1.31. The van der Waals surface area contributed by atoms with E-state index in [2.05, 4.69) is 10.5 Å². The number of carbonyl (C=O) groups excluding carboxylic acids is 1. The molecule has 0 radical (unpaired) electrons. The highest BCUT2D eigenvalue weighted by molar-refractivity contribution is 5.93. The highest BCUT2D eigenvalue weighted by Crippen LogP contribution is 2.33. The molecular weight excluding hydrogens is 432 g/mol. The minimum Gasteiger partial charge on any atom is -0.497 e. The Kier molecular flexibility index (Phi) is 7.57. The van der Waals surface area contributed by atoms with E-state index in [-0.39, 0.29) is 11.6 Å². The van der Waals surface area contributed by atoms with Crippen LogP contribution in [0.15, 0.2) is 83.4 Å². The number of ether oxygens (including phenoxy) is 3. The van der Waals surface area contributed by atoms with Crippen LogP contribution < -0.4 is 14.8 Å². The third kappa shape index (κ3) is 5.82. The number of nitrogens with one attached hydrogen (secondary N) is 1. The lowest BCUT2D eigenvalue weighted by Crippen LogP contribution is -2.23. The van der Waals surface area contributed by atoms with E-state index in [9.17, 15) is 4.79 Å². The van der Waals surface area contributed by atoms with Crippen molar-refractivity contribution in [2.24, 2.45) is 0 Å². The highest BCUT2D eigenvalue weighted by atomic mass is 16.5. The molecule has 34 heavy (non-hydrogen) atoms. The van der Waals surface area contributed by atoms with E-state index in [1.54, 1.807) is 38.5 Å². The van der Waals surface area contributed by atoms with E-state index < -0.39 is 0 Å². The number of hydrogen-bond acceptors (Lipinski definition) is 6. The predicted octanol–water partition coefficient (Wildman–Crippen LogP) is 5.01. The summed E-state index contributed by atoms with van der Waals surface area (Å²) in [5, 5.41) is 6.78. The molecule has 0 atom stereocenters. The first-order chi connectivity index (χ1) is 16.7. The van der Waals surface area contributed by atoms with E-state index >= 15 is 0 Å². The van der Waals surface area contributed by atoms with Crippen LogP contribution in [0.1, 0.15) is 27.2 Å². The van der Waals surface area contributed by atoms with Gasteiger partial charge < -0.3 is 24.1 Å². The summed E-state index contributed by atoms with van der Waals surface area (Å²) in [6, 6.07) is 24.9. The van der Waals surface area contributed by atoms with Crippen molar-refractivity contribution in [3.8, 4) is 22.8 Å². The van der Waals surface area contributed by atoms with Crippen molar-refractivity contribution in [1.82, 2.24) is 10.5 Å². The van der Waals surface area contributed by atoms with Gasteiger partial charge in [-0.3, -0.25) is 4.79 Å². The number of carbonyl (C=O) groups is 1. The molecule has 7 nitrogen and oxygen atoms in total. The number of hydrogen-bond donors (Lipinski definition) is 1. The molecule has 4 aromatic rings. The fraction of sp³-hybridized carbons (Fsp3) is 0.185. The summed E-state index contributed by atoms with van der Waals surface area (Å²) >= 11 is 0. The fourth-order valence-corrected chi connectivity index (χ4v) is 3.40. The molecule has 3 aromatic carbocycles. The monoisotopic (exact) mass is 458 g/mol. The minimum atomic E-state index is -0.327. The highest BCUT2D eigenvalue weighted by Gasteiger charge is 2.17. The predicted molar refractivity (Wildman–Crippen MR) is 128 cm³/mol. The molecule has 174 valence electrons. The second-order valence-electron chi connectivity index (χ2n) is 7.62. The molecule has 7 heteroatoms. The molecule has 0 spiro atoms. The standard InChI is InChI=1S/C27H26N2O5/c1-31-22-12-13-25(32-2)23(14-22)26-15-24(29-34-26)27(30)28-16-19-8-10-21(11-9-19)18-33-17-20-6-4-3-5-7-20/h3-15H,16-18H2,1-2H3,(H,28,30). The van der Waals surface area contributed by atoms with Gasteiger partial charge in [-0.2, -0.15) is 0 Å². The van der Waals surface area contributed by atoms with Crippen LogP contribution in [0.2, 0.25) is 0 Å². The molecule has 1 N–H and O–H groups in total. The Morgan fingerprint density at radius 2 is 1.56 bits per heavy atom. The van der Waals surface area contributed by atoms with Gasteiger partial charge in [0.2, 0.25) is 0 Å². The maximum atomic E-state index is 12.6. The largest absolute Gasteiger partial charge is 0.497 e. The number of rotatable bonds is 10. The summed E-state index contributed by atoms with van der Waals surface area (Å²) < 4.78 is 21.8. The van der Waals surface area contributed by atoms with Crippen molar-refractivity contribution >= 4 is 5.91 Å². The Morgan fingerprint density at radius 3 is 2.26 bits per heavy atom. The second-order valence-corrected chi connectivity index (χ2v) is 7.62. The SMILES string of the molecule is COc1ccc(OC)c(-c2cc(C(=O)NCc3ccc(COCc4ccccc4)cc3)no2)c1. The molecule has 0 saturated heterocycles. The van der Waals surface area contributed by atoms with Gasteiger partial charge in [0.25, 0.3) is 5.91 Å². The van der Waals surface area contributed by atoms with Gasteiger partial charge in [-0.1, -0.05) is 59.8 Å². The summed E-state index contributed by atoms with van der Waals surface area (Å²) in [5.41, 5.74) is 4.02. The Hall–Kier alpha value is -4.10. The summed E-state index contributed by atoms with van der Waals surface area (Å²) in [4.78, 5) is 12.6. The average Bonchev–Trinajstić information content (AvgIpc) is 3.38. The van der Waals surface area contributed by atoms with Gasteiger partial charge in [-0.05, 0) is 34.9 Å². The van der Waals surface area contributed by atoms with Crippen LogP contribution in [0.25, 0.3) is 11.3 Å². The first-order valence-corrected chi connectivity index (χ1v) is 10.8. The molecular formula is C27H26N2O5. The van der Waals surface area contributed by atoms with Crippen molar-refractivity contribution < 1.29 is 23.5 Å². The molecule has 0 unspecified atom stereocenters. The van der Waals surface area contributed by atoms with E-state index in [0.29, 0.717) is 42.6 Å². The lowest BCUT2D eigenvalue weighted by molar-refractivity contribution is 0.0942. The molecule has 4 rings (SSSR count). The van der Waals surface area contributed by atoms with Crippen molar-refractivity contribution in [2.75, 3.05) is 14.2 Å². The number of nitrogens with zero attached hydrogens (tertiary/aromatic N) is 1. The summed E-state index contributed by atoms with van der Waals surface area (Å²) in [5.74, 6) is 1.33. The van der Waals surface area contributed by atoms with Crippen LogP contribution in [0.5, 0.6) is 11.5 Å². The lowest BCUT2D eigenvalue weighted by atomic mass is 10.1. The van der Waals surface area contributed by atoms with Crippen LogP contribution >= 0.6 is 0 Å². The Labute approximate surface area is 198 Å².